The standard InChI is InChI=1S/C13H23N3O2/c1-5-6-14-12(8-18-10(2)3)11-7-13(17-4)16-9-15-11/h7,9-10,12,14H,5-6,8H2,1-4H3. The van der Waals surface area contributed by atoms with Gasteiger partial charge in [0, 0.05) is 6.07 Å². The minimum atomic E-state index is 0.0734. The van der Waals surface area contributed by atoms with Crippen LogP contribution in [0.3, 0.4) is 0 Å². The first-order valence-electron chi connectivity index (χ1n) is 6.38. The maximum Gasteiger partial charge on any atom is 0.216 e. The molecule has 5 heteroatoms. The molecule has 0 fully saturated rings. The van der Waals surface area contributed by atoms with Crippen molar-refractivity contribution in [3.8, 4) is 5.88 Å². The van der Waals surface area contributed by atoms with Crippen LogP contribution in [0.5, 0.6) is 5.88 Å². The van der Waals surface area contributed by atoms with E-state index in [4.69, 9.17) is 9.47 Å². The number of hydrogen-bond donors (Lipinski definition) is 1. The first-order chi connectivity index (χ1) is 8.67. The van der Waals surface area contributed by atoms with Crippen LogP contribution in [-0.2, 0) is 4.74 Å². The second-order valence-corrected chi connectivity index (χ2v) is 4.37. The number of nitrogens with zero attached hydrogens (tertiary/aromatic N) is 2. The van der Waals surface area contributed by atoms with E-state index >= 15 is 0 Å². The SMILES string of the molecule is CCCNC(COC(C)C)c1cc(OC)ncn1. The van der Waals surface area contributed by atoms with Crippen molar-refractivity contribution in [2.75, 3.05) is 20.3 Å². The Morgan fingerprint density at radius 1 is 1.33 bits per heavy atom. The van der Waals surface area contributed by atoms with Crippen molar-refractivity contribution in [3.05, 3.63) is 18.1 Å². The second-order valence-electron chi connectivity index (χ2n) is 4.37. The molecule has 5 nitrogen and oxygen atoms in total. The summed E-state index contributed by atoms with van der Waals surface area (Å²) < 4.78 is 10.8. The summed E-state index contributed by atoms with van der Waals surface area (Å²) >= 11 is 0. The lowest BCUT2D eigenvalue weighted by atomic mass is 10.2. The van der Waals surface area contributed by atoms with Crippen molar-refractivity contribution in [2.45, 2.75) is 39.3 Å². The molecule has 0 radical (unpaired) electrons. The third-order valence-corrected chi connectivity index (χ3v) is 2.47. The first-order valence-corrected chi connectivity index (χ1v) is 6.38. The molecular weight excluding hydrogens is 230 g/mol. The van der Waals surface area contributed by atoms with Gasteiger partial charge in [-0.15, -0.1) is 0 Å². The molecule has 0 bridgehead atoms. The smallest absolute Gasteiger partial charge is 0.216 e. The Morgan fingerprint density at radius 2 is 2.11 bits per heavy atom. The molecule has 1 unspecified atom stereocenters. The number of nitrogens with one attached hydrogen (secondary N) is 1. The summed E-state index contributed by atoms with van der Waals surface area (Å²) in [6.07, 6.45) is 2.80. The number of methoxy groups -OCH3 is 1. The van der Waals surface area contributed by atoms with E-state index in [1.54, 1.807) is 7.11 Å². The minimum Gasteiger partial charge on any atom is -0.481 e. The molecule has 0 spiro atoms. The van der Waals surface area contributed by atoms with E-state index in [1.807, 2.05) is 19.9 Å². The number of ether oxygens (including phenoxy) is 2. The molecule has 102 valence electrons. The zero-order valence-corrected chi connectivity index (χ0v) is 11.6. The van der Waals surface area contributed by atoms with Crippen molar-refractivity contribution in [3.63, 3.8) is 0 Å². The summed E-state index contributed by atoms with van der Waals surface area (Å²) in [6.45, 7) is 7.71. The van der Waals surface area contributed by atoms with Crippen LogP contribution in [-0.4, -0.2) is 36.3 Å². The lowest BCUT2D eigenvalue weighted by Crippen LogP contribution is -2.28. The van der Waals surface area contributed by atoms with Gasteiger partial charge in [-0.2, -0.15) is 0 Å². The van der Waals surface area contributed by atoms with E-state index in [0.29, 0.717) is 12.5 Å². The molecule has 1 aromatic rings. The number of hydrogen-bond acceptors (Lipinski definition) is 5. The summed E-state index contributed by atoms with van der Waals surface area (Å²) in [4.78, 5) is 8.30. The fourth-order valence-electron chi connectivity index (χ4n) is 1.51. The Balaban J connectivity index is 2.72. The molecule has 0 amide bonds. The van der Waals surface area contributed by atoms with Crippen molar-refractivity contribution < 1.29 is 9.47 Å². The van der Waals surface area contributed by atoms with E-state index in [1.165, 1.54) is 6.33 Å². The van der Waals surface area contributed by atoms with Crippen LogP contribution in [0.4, 0.5) is 0 Å². The first kappa shape index (κ1) is 14.9. The van der Waals surface area contributed by atoms with Crippen LogP contribution < -0.4 is 10.1 Å². The third-order valence-electron chi connectivity index (χ3n) is 2.47. The van der Waals surface area contributed by atoms with Gasteiger partial charge in [0.15, 0.2) is 0 Å². The highest BCUT2D eigenvalue weighted by atomic mass is 16.5. The predicted octanol–water partition coefficient (Wildman–Crippen LogP) is 1.95. The summed E-state index contributed by atoms with van der Waals surface area (Å²) in [5.74, 6) is 0.577. The maximum atomic E-state index is 5.67. The molecule has 0 aromatic carbocycles. The zero-order valence-electron chi connectivity index (χ0n) is 11.6. The molecule has 1 aromatic heterocycles. The molecule has 1 atom stereocenters. The largest absolute Gasteiger partial charge is 0.481 e. The van der Waals surface area contributed by atoms with E-state index < -0.39 is 0 Å². The van der Waals surface area contributed by atoms with Gasteiger partial charge in [-0.1, -0.05) is 6.92 Å². The Morgan fingerprint density at radius 3 is 2.72 bits per heavy atom. The van der Waals surface area contributed by atoms with Crippen molar-refractivity contribution >= 4 is 0 Å². The van der Waals surface area contributed by atoms with Gasteiger partial charge in [-0.3, -0.25) is 0 Å². The van der Waals surface area contributed by atoms with Gasteiger partial charge in [0.25, 0.3) is 0 Å². The van der Waals surface area contributed by atoms with Crippen LogP contribution >= 0.6 is 0 Å². The Bertz CT molecular complexity index is 345. The molecular formula is C13H23N3O2. The van der Waals surface area contributed by atoms with E-state index in [-0.39, 0.29) is 12.1 Å². The Kier molecular flexibility index (Phi) is 6.60. The maximum absolute atomic E-state index is 5.67. The minimum absolute atomic E-state index is 0.0734. The predicted molar refractivity (Wildman–Crippen MR) is 70.7 cm³/mol. The van der Waals surface area contributed by atoms with Gasteiger partial charge in [0.1, 0.15) is 6.33 Å². The van der Waals surface area contributed by atoms with Crippen LogP contribution in [0.2, 0.25) is 0 Å². The molecule has 18 heavy (non-hydrogen) atoms. The van der Waals surface area contributed by atoms with E-state index in [2.05, 4.69) is 22.2 Å². The normalized spacial score (nSPS) is 12.7. The summed E-state index contributed by atoms with van der Waals surface area (Å²) in [7, 11) is 1.60. The monoisotopic (exact) mass is 253 g/mol. The molecule has 0 saturated carbocycles. The molecule has 0 aliphatic carbocycles. The third kappa shape index (κ3) is 4.98. The quantitative estimate of drug-likeness (QED) is 0.767. The van der Waals surface area contributed by atoms with Gasteiger partial charge < -0.3 is 14.8 Å². The lowest BCUT2D eigenvalue weighted by molar-refractivity contribution is 0.0602. The summed E-state index contributed by atoms with van der Waals surface area (Å²) in [6, 6.07) is 1.92. The van der Waals surface area contributed by atoms with Crippen LogP contribution in [0, 0.1) is 0 Å². The zero-order chi connectivity index (χ0) is 13.4. The average molecular weight is 253 g/mol. The van der Waals surface area contributed by atoms with Gasteiger partial charge in [0.05, 0.1) is 31.6 Å². The van der Waals surface area contributed by atoms with E-state index in [9.17, 15) is 0 Å². The summed E-state index contributed by atoms with van der Waals surface area (Å²) in [5.41, 5.74) is 0.899. The van der Waals surface area contributed by atoms with Crippen LogP contribution in [0.25, 0.3) is 0 Å². The van der Waals surface area contributed by atoms with Crippen molar-refractivity contribution in [1.82, 2.24) is 15.3 Å². The Hall–Kier alpha value is -1.20. The van der Waals surface area contributed by atoms with Gasteiger partial charge in [-0.25, -0.2) is 9.97 Å². The Labute approximate surface area is 109 Å². The molecule has 0 aliphatic heterocycles. The topological polar surface area (TPSA) is 56.3 Å². The average Bonchev–Trinajstić information content (AvgIpc) is 2.38. The van der Waals surface area contributed by atoms with Crippen LogP contribution in [0.1, 0.15) is 38.9 Å². The molecule has 1 N–H and O–H groups in total. The lowest BCUT2D eigenvalue weighted by Gasteiger charge is -2.19. The fraction of sp³-hybridized carbons (Fsp3) is 0.692. The highest BCUT2D eigenvalue weighted by molar-refractivity contribution is 5.16. The number of rotatable bonds is 8. The van der Waals surface area contributed by atoms with Gasteiger partial charge in [0.2, 0.25) is 5.88 Å². The van der Waals surface area contributed by atoms with Crippen LogP contribution in [0.15, 0.2) is 12.4 Å². The van der Waals surface area contributed by atoms with Crippen molar-refractivity contribution in [2.24, 2.45) is 0 Å². The van der Waals surface area contributed by atoms with Gasteiger partial charge >= 0.3 is 0 Å². The fourth-order valence-corrected chi connectivity index (χ4v) is 1.51. The van der Waals surface area contributed by atoms with Crippen molar-refractivity contribution in [1.29, 1.82) is 0 Å². The molecule has 0 aliphatic rings. The second kappa shape index (κ2) is 8.00. The van der Waals surface area contributed by atoms with E-state index in [0.717, 1.165) is 18.7 Å². The molecule has 1 rings (SSSR count). The van der Waals surface area contributed by atoms with Gasteiger partial charge in [-0.05, 0) is 26.8 Å². The molecule has 1 heterocycles. The number of aromatic nitrogens is 2. The molecule has 0 saturated heterocycles. The highest BCUT2D eigenvalue weighted by Crippen LogP contribution is 2.15. The summed E-state index contributed by atoms with van der Waals surface area (Å²) in [5, 5.41) is 3.42. The highest BCUT2D eigenvalue weighted by Gasteiger charge is 2.14.